The molecular formula is C11H11NO5. The van der Waals surface area contributed by atoms with Gasteiger partial charge < -0.3 is 9.84 Å². The number of aromatic hydroxyl groups is 1. The van der Waals surface area contributed by atoms with E-state index in [1.165, 1.54) is 6.07 Å². The van der Waals surface area contributed by atoms with Crippen LogP contribution in [-0.4, -0.2) is 21.4 Å². The predicted octanol–water partition coefficient (Wildman–Crippen LogP) is 2.04. The molecule has 1 aliphatic rings. The summed E-state index contributed by atoms with van der Waals surface area (Å²) >= 11 is 0. The summed E-state index contributed by atoms with van der Waals surface area (Å²) in [4.78, 5) is 22.0. The monoisotopic (exact) mass is 237 g/mol. The lowest BCUT2D eigenvalue weighted by Gasteiger charge is -2.31. The highest BCUT2D eigenvalue weighted by atomic mass is 16.6. The topological polar surface area (TPSA) is 89.7 Å². The van der Waals surface area contributed by atoms with Crippen LogP contribution in [0.3, 0.4) is 0 Å². The van der Waals surface area contributed by atoms with Crippen LogP contribution in [0.5, 0.6) is 11.5 Å². The van der Waals surface area contributed by atoms with Gasteiger partial charge in [0, 0.05) is 0 Å². The molecule has 0 saturated heterocycles. The lowest BCUT2D eigenvalue weighted by atomic mass is 9.92. The second kappa shape index (κ2) is 3.44. The Bertz CT molecular complexity index is 521. The minimum atomic E-state index is -0.770. The average Bonchev–Trinajstić information content (AvgIpc) is 2.16. The van der Waals surface area contributed by atoms with Gasteiger partial charge in [-0.3, -0.25) is 14.9 Å². The van der Waals surface area contributed by atoms with Gasteiger partial charge in [0.05, 0.1) is 11.3 Å². The standard InChI is InChI=1S/C11H11NO5/c1-11(2)5-7(14)9-8(17-11)4-3-6(13)10(9)12(15)16/h3-4,13H,5H2,1-2H3. The largest absolute Gasteiger partial charge is 0.502 e. The molecule has 0 fully saturated rings. The first-order valence-electron chi connectivity index (χ1n) is 5.04. The number of benzene rings is 1. The number of ether oxygens (including phenoxy) is 1. The van der Waals surface area contributed by atoms with Crippen LogP contribution in [0.4, 0.5) is 5.69 Å². The number of carbonyl (C=O) groups excluding carboxylic acids is 1. The number of hydrogen-bond donors (Lipinski definition) is 1. The Morgan fingerprint density at radius 3 is 2.71 bits per heavy atom. The first-order chi connectivity index (χ1) is 7.82. The van der Waals surface area contributed by atoms with E-state index in [0.29, 0.717) is 0 Å². The summed E-state index contributed by atoms with van der Waals surface area (Å²) in [5.41, 5.74) is -1.41. The third kappa shape index (κ3) is 1.82. The molecule has 0 atom stereocenters. The fourth-order valence-corrected chi connectivity index (χ4v) is 1.91. The van der Waals surface area contributed by atoms with Gasteiger partial charge in [-0.25, -0.2) is 0 Å². The number of fused-ring (bicyclic) bond motifs is 1. The van der Waals surface area contributed by atoms with Gasteiger partial charge in [0.1, 0.15) is 16.9 Å². The number of rotatable bonds is 1. The smallest absolute Gasteiger partial charge is 0.325 e. The molecule has 0 radical (unpaired) electrons. The second-order valence-corrected chi connectivity index (χ2v) is 4.53. The van der Waals surface area contributed by atoms with E-state index >= 15 is 0 Å². The van der Waals surface area contributed by atoms with Crippen molar-refractivity contribution in [2.75, 3.05) is 0 Å². The molecule has 2 rings (SSSR count). The van der Waals surface area contributed by atoms with Crippen molar-refractivity contribution in [3.63, 3.8) is 0 Å². The molecule has 6 heteroatoms. The predicted molar refractivity (Wildman–Crippen MR) is 58.4 cm³/mol. The summed E-state index contributed by atoms with van der Waals surface area (Å²) in [6, 6.07) is 2.53. The number of hydrogen-bond acceptors (Lipinski definition) is 5. The number of phenolic OH excluding ortho intramolecular Hbond substituents is 1. The van der Waals surface area contributed by atoms with Crippen LogP contribution in [0.25, 0.3) is 0 Å². The highest BCUT2D eigenvalue weighted by Gasteiger charge is 2.38. The molecule has 0 aliphatic carbocycles. The number of nitro groups is 1. The highest BCUT2D eigenvalue weighted by Crippen LogP contribution is 2.42. The van der Waals surface area contributed by atoms with Gasteiger partial charge in [0.15, 0.2) is 11.5 Å². The molecule has 0 bridgehead atoms. The van der Waals surface area contributed by atoms with Gasteiger partial charge in [0.2, 0.25) is 0 Å². The summed E-state index contributed by atoms with van der Waals surface area (Å²) in [6.07, 6.45) is 0.0459. The Labute approximate surface area is 97.0 Å². The molecule has 1 aliphatic heterocycles. The Kier molecular flexibility index (Phi) is 2.30. The van der Waals surface area contributed by atoms with Crippen molar-refractivity contribution in [1.82, 2.24) is 0 Å². The summed E-state index contributed by atoms with van der Waals surface area (Å²) in [7, 11) is 0. The quantitative estimate of drug-likeness (QED) is 0.596. The maximum atomic E-state index is 11.9. The van der Waals surface area contributed by atoms with E-state index in [2.05, 4.69) is 0 Å². The summed E-state index contributed by atoms with van der Waals surface area (Å²) in [6.45, 7) is 3.46. The summed E-state index contributed by atoms with van der Waals surface area (Å²) in [5.74, 6) is -0.764. The molecule has 0 unspecified atom stereocenters. The van der Waals surface area contributed by atoms with Gasteiger partial charge >= 0.3 is 5.69 Å². The summed E-state index contributed by atoms with van der Waals surface area (Å²) in [5, 5.41) is 20.3. The van der Waals surface area contributed by atoms with Crippen LogP contribution >= 0.6 is 0 Å². The van der Waals surface area contributed by atoms with Crippen molar-refractivity contribution in [1.29, 1.82) is 0 Å². The molecule has 0 amide bonds. The molecule has 6 nitrogen and oxygen atoms in total. The van der Waals surface area contributed by atoms with Crippen LogP contribution < -0.4 is 4.74 Å². The average molecular weight is 237 g/mol. The molecular weight excluding hydrogens is 226 g/mol. The number of carbonyl (C=O) groups is 1. The number of Topliss-reactive ketones (excluding diaryl/α,β-unsaturated/α-hetero) is 1. The van der Waals surface area contributed by atoms with Crippen molar-refractivity contribution < 1.29 is 19.6 Å². The minimum Gasteiger partial charge on any atom is -0.502 e. The third-order valence-corrected chi connectivity index (χ3v) is 2.55. The van der Waals surface area contributed by atoms with Crippen LogP contribution in [0, 0.1) is 10.1 Å². The Hall–Kier alpha value is -2.11. The Morgan fingerprint density at radius 1 is 1.47 bits per heavy atom. The maximum absolute atomic E-state index is 11.9. The van der Waals surface area contributed by atoms with Crippen LogP contribution in [-0.2, 0) is 0 Å². The SMILES string of the molecule is CC1(C)CC(=O)c2c(ccc(O)c2[N+](=O)[O-])O1. The second-order valence-electron chi connectivity index (χ2n) is 4.53. The van der Waals surface area contributed by atoms with Crippen molar-refractivity contribution in [2.24, 2.45) is 0 Å². The third-order valence-electron chi connectivity index (χ3n) is 2.55. The van der Waals surface area contributed by atoms with Gasteiger partial charge in [-0.1, -0.05) is 0 Å². The van der Waals surface area contributed by atoms with Crippen molar-refractivity contribution in [2.45, 2.75) is 25.9 Å². The fourth-order valence-electron chi connectivity index (χ4n) is 1.91. The van der Waals surface area contributed by atoms with E-state index in [-0.39, 0.29) is 23.5 Å². The van der Waals surface area contributed by atoms with Crippen LogP contribution in [0.2, 0.25) is 0 Å². The van der Waals surface area contributed by atoms with E-state index in [4.69, 9.17) is 4.74 Å². The molecule has 0 aromatic heterocycles. The van der Waals surface area contributed by atoms with E-state index in [0.717, 1.165) is 6.07 Å². The molecule has 1 aromatic carbocycles. The zero-order valence-electron chi connectivity index (χ0n) is 9.39. The number of phenols is 1. The lowest BCUT2D eigenvalue weighted by Crippen LogP contribution is -2.36. The van der Waals surface area contributed by atoms with E-state index in [9.17, 15) is 20.0 Å². The van der Waals surface area contributed by atoms with E-state index in [1.807, 2.05) is 0 Å². The summed E-state index contributed by atoms with van der Waals surface area (Å²) < 4.78 is 5.50. The van der Waals surface area contributed by atoms with Crippen molar-refractivity contribution in [3.05, 3.63) is 27.8 Å². The Balaban J connectivity index is 2.68. The molecule has 90 valence electrons. The highest BCUT2D eigenvalue weighted by molar-refractivity contribution is 6.04. The van der Waals surface area contributed by atoms with Crippen LogP contribution in [0.1, 0.15) is 30.6 Å². The van der Waals surface area contributed by atoms with Gasteiger partial charge in [0.25, 0.3) is 0 Å². The molecule has 0 saturated carbocycles. The van der Waals surface area contributed by atoms with Gasteiger partial charge in [-0.05, 0) is 26.0 Å². The van der Waals surface area contributed by atoms with Gasteiger partial charge in [-0.2, -0.15) is 0 Å². The number of nitro benzene ring substituents is 1. The van der Waals surface area contributed by atoms with Crippen LogP contribution in [0.15, 0.2) is 12.1 Å². The van der Waals surface area contributed by atoms with Crippen molar-refractivity contribution in [3.8, 4) is 11.5 Å². The van der Waals surface area contributed by atoms with Crippen molar-refractivity contribution >= 4 is 11.5 Å². The molecule has 1 N–H and O–H groups in total. The molecule has 0 spiro atoms. The minimum absolute atomic E-state index is 0.0459. The van der Waals surface area contributed by atoms with Gasteiger partial charge in [-0.15, -0.1) is 0 Å². The van der Waals surface area contributed by atoms with E-state index < -0.39 is 22.0 Å². The fraction of sp³-hybridized carbons (Fsp3) is 0.364. The zero-order chi connectivity index (χ0) is 12.8. The molecule has 1 heterocycles. The maximum Gasteiger partial charge on any atom is 0.325 e. The lowest BCUT2D eigenvalue weighted by molar-refractivity contribution is -0.386. The first-order valence-corrected chi connectivity index (χ1v) is 5.04. The first kappa shape index (κ1) is 11.4. The number of nitrogens with zero attached hydrogens (tertiary/aromatic N) is 1. The molecule has 1 aromatic rings. The number of ketones is 1. The normalized spacial score (nSPS) is 17.2. The zero-order valence-corrected chi connectivity index (χ0v) is 9.39. The van der Waals surface area contributed by atoms with E-state index in [1.54, 1.807) is 13.8 Å². The Morgan fingerprint density at radius 2 is 2.12 bits per heavy atom. The molecule has 17 heavy (non-hydrogen) atoms.